The molecule has 0 bridgehead atoms. The molecule has 0 spiro atoms. The third kappa shape index (κ3) is 8.25. The van der Waals surface area contributed by atoms with Crippen molar-refractivity contribution in [2.45, 2.75) is 82.0 Å². The zero-order chi connectivity index (χ0) is 25.5. The van der Waals surface area contributed by atoms with Crippen LogP contribution in [0.4, 0.5) is 18.0 Å². The van der Waals surface area contributed by atoms with Gasteiger partial charge in [-0.05, 0) is 56.3 Å². The number of urea groups is 1. The number of benzene rings is 1. The highest BCUT2D eigenvalue weighted by molar-refractivity contribution is 6.30. The molecule has 1 aliphatic heterocycles. The van der Waals surface area contributed by atoms with E-state index in [4.69, 9.17) is 11.6 Å². The van der Waals surface area contributed by atoms with Crippen molar-refractivity contribution in [1.82, 2.24) is 15.5 Å². The summed E-state index contributed by atoms with van der Waals surface area (Å²) in [6, 6.07) is 6.20. The average molecular weight is 518 g/mol. The highest BCUT2D eigenvalue weighted by Gasteiger charge is 2.44. The molecule has 3 N–H and O–H groups in total. The van der Waals surface area contributed by atoms with Gasteiger partial charge in [-0.1, -0.05) is 55.8 Å². The highest BCUT2D eigenvalue weighted by atomic mass is 35.5. The number of hydrogen-bond acceptors (Lipinski definition) is 3. The number of alkyl halides is 3. The molecule has 1 saturated heterocycles. The summed E-state index contributed by atoms with van der Waals surface area (Å²) in [5.74, 6) is 0.0794. The Kier molecular flexibility index (Phi) is 10.1. The lowest BCUT2D eigenvalue weighted by Crippen LogP contribution is -2.54. The van der Waals surface area contributed by atoms with E-state index < -0.39 is 30.5 Å². The zero-order valence-corrected chi connectivity index (χ0v) is 21.3. The van der Waals surface area contributed by atoms with Crippen LogP contribution in [0.5, 0.6) is 0 Å². The predicted molar refractivity (Wildman–Crippen MR) is 132 cm³/mol. The minimum atomic E-state index is -4.39. The highest BCUT2D eigenvalue weighted by Crippen LogP contribution is 2.42. The molecule has 3 atom stereocenters. The van der Waals surface area contributed by atoms with Gasteiger partial charge in [0, 0.05) is 43.0 Å². The van der Waals surface area contributed by atoms with Gasteiger partial charge < -0.3 is 20.6 Å². The van der Waals surface area contributed by atoms with Gasteiger partial charge in [0.15, 0.2) is 0 Å². The lowest BCUT2D eigenvalue weighted by molar-refractivity contribution is -0.155. The van der Waals surface area contributed by atoms with Crippen LogP contribution >= 0.6 is 11.6 Å². The molecule has 5 nitrogen and oxygen atoms in total. The maximum Gasteiger partial charge on any atom is 0.389 e. The van der Waals surface area contributed by atoms with Crippen LogP contribution < -0.4 is 10.6 Å². The van der Waals surface area contributed by atoms with E-state index in [9.17, 15) is 23.1 Å². The summed E-state index contributed by atoms with van der Waals surface area (Å²) in [6.45, 7) is 1.38. The molecule has 2 amide bonds. The Morgan fingerprint density at radius 3 is 2.57 bits per heavy atom. The second-order valence-corrected chi connectivity index (χ2v) is 10.7. The molecule has 0 aromatic heterocycles. The molecule has 2 aliphatic rings. The summed E-state index contributed by atoms with van der Waals surface area (Å²) in [4.78, 5) is 14.9. The fourth-order valence-electron chi connectivity index (χ4n) is 5.76. The van der Waals surface area contributed by atoms with E-state index >= 15 is 0 Å². The smallest absolute Gasteiger partial charge is 0.385 e. The molecule has 0 radical (unpaired) electrons. The summed E-state index contributed by atoms with van der Waals surface area (Å²) < 4.78 is 39.4. The van der Waals surface area contributed by atoms with Crippen molar-refractivity contribution in [1.29, 1.82) is 0 Å². The molecule has 1 aromatic carbocycles. The van der Waals surface area contributed by atoms with Gasteiger partial charge in [0.05, 0.1) is 5.60 Å². The molecule has 35 heavy (non-hydrogen) atoms. The minimum Gasteiger partial charge on any atom is -0.385 e. The second-order valence-electron chi connectivity index (χ2n) is 10.3. The molecule has 9 heteroatoms. The van der Waals surface area contributed by atoms with E-state index in [1.54, 1.807) is 23.1 Å². The summed E-state index contributed by atoms with van der Waals surface area (Å²) in [5, 5.41) is 18.3. The topological polar surface area (TPSA) is 64.6 Å². The number of amides is 2. The maximum atomic E-state index is 13.2. The molecule has 1 saturated carbocycles. The quantitative estimate of drug-likeness (QED) is 0.385. The van der Waals surface area contributed by atoms with Crippen LogP contribution in [0.25, 0.3) is 0 Å². The summed E-state index contributed by atoms with van der Waals surface area (Å²) in [6.07, 6.45) is 2.22. The lowest BCUT2D eigenvalue weighted by Gasteiger charge is -2.43. The number of hydrogen-bond donors (Lipinski definition) is 3. The van der Waals surface area contributed by atoms with Crippen LogP contribution in [-0.4, -0.2) is 54.9 Å². The molecule has 0 unspecified atom stereocenters. The Bertz CT molecular complexity index is 819. The molecule has 198 valence electrons. The molecule has 1 aliphatic carbocycles. The Morgan fingerprint density at radius 1 is 1.17 bits per heavy atom. The Hall–Kier alpha value is -1.51. The number of rotatable bonds is 9. The third-order valence-electron chi connectivity index (χ3n) is 7.62. The average Bonchev–Trinajstić information content (AvgIpc) is 2.83. The molecule has 1 aromatic rings. The molecule has 2 fully saturated rings. The molecular formula is C26H39ClF3N3O2. The number of carbonyl (C=O) groups excluding carboxylic acids is 1. The predicted octanol–water partition coefficient (Wildman–Crippen LogP) is 5.85. The van der Waals surface area contributed by atoms with Crippen molar-refractivity contribution >= 4 is 17.6 Å². The van der Waals surface area contributed by atoms with Crippen molar-refractivity contribution in [3.63, 3.8) is 0 Å². The van der Waals surface area contributed by atoms with E-state index in [2.05, 4.69) is 10.6 Å². The summed E-state index contributed by atoms with van der Waals surface area (Å²) >= 11 is 6.11. The Labute approximate surface area is 211 Å². The number of nitrogens with one attached hydrogen (secondary N) is 2. The number of likely N-dealkylation sites (N-methyl/N-ethyl adjacent to an activating group) is 1. The number of piperidine rings is 1. The van der Waals surface area contributed by atoms with Crippen LogP contribution in [-0.2, 0) is 5.60 Å². The fraction of sp³-hybridized carbons (Fsp3) is 0.731. The zero-order valence-electron chi connectivity index (χ0n) is 20.5. The number of aliphatic hydroxyl groups is 1. The van der Waals surface area contributed by atoms with Crippen LogP contribution in [0, 0.1) is 11.8 Å². The Balaban J connectivity index is 1.71. The molecule has 3 rings (SSSR count). The van der Waals surface area contributed by atoms with Crippen LogP contribution in [0.3, 0.4) is 0 Å². The van der Waals surface area contributed by atoms with Crippen LogP contribution in [0.1, 0.15) is 69.8 Å². The second kappa shape index (κ2) is 12.6. The third-order valence-corrected chi connectivity index (χ3v) is 7.85. The normalized spacial score (nSPS) is 22.5. The Morgan fingerprint density at radius 2 is 1.91 bits per heavy atom. The van der Waals surface area contributed by atoms with Gasteiger partial charge in [-0.25, -0.2) is 4.79 Å². The number of carbonyl (C=O) groups is 1. The van der Waals surface area contributed by atoms with Crippen LogP contribution in [0.15, 0.2) is 24.3 Å². The van der Waals surface area contributed by atoms with E-state index in [0.29, 0.717) is 42.4 Å². The van der Waals surface area contributed by atoms with Gasteiger partial charge >= 0.3 is 12.2 Å². The first-order chi connectivity index (χ1) is 16.6. The van der Waals surface area contributed by atoms with E-state index in [-0.39, 0.29) is 18.6 Å². The SMILES string of the molecule is CNC[C@H](CC1CCCCC1)NC(=O)N1CCC[C@@H]([C@](O)(CCC(F)(F)F)c2cccc(Cl)c2)C1. The summed E-state index contributed by atoms with van der Waals surface area (Å²) in [5.41, 5.74) is -1.36. The van der Waals surface area contributed by atoms with Crippen molar-refractivity contribution in [3.8, 4) is 0 Å². The lowest BCUT2D eigenvalue weighted by atomic mass is 9.74. The van der Waals surface area contributed by atoms with Crippen molar-refractivity contribution < 1.29 is 23.1 Å². The van der Waals surface area contributed by atoms with Crippen molar-refractivity contribution in [2.75, 3.05) is 26.7 Å². The van der Waals surface area contributed by atoms with Gasteiger partial charge in [0.25, 0.3) is 0 Å². The van der Waals surface area contributed by atoms with Gasteiger partial charge in [-0.2, -0.15) is 13.2 Å². The molecule has 1 heterocycles. The summed E-state index contributed by atoms with van der Waals surface area (Å²) in [7, 11) is 1.86. The van der Waals surface area contributed by atoms with E-state index in [0.717, 1.165) is 6.42 Å². The fourth-order valence-corrected chi connectivity index (χ4v) is 5.95. The van der Waals surface area contributed by atoms with E-state index in [1.165, 1.54) is 38.2 Å². The maximum absolute atomic E-state index is 13.2. The molecular weight excluding hydrogens is 479 g/mol. The number of halogens is 4. The largest absolute Gasteiger partial charge is 0.389 e. The van der Waals surface area contributed by atoms with Gasteiger partial charge in [0.1, 0.15) is 0 Å². The van der Waals surface area contributed by atoms with Crippen molar-refractivity contribution in [3.05, 3.63) is 34.9 Å². The van der Waals surface area contributed by atoms with E-state index in [1.807, 2.05) is 7.05 Å². The van der Waals surface area contributed by atoms with Crippen molar-refractivity contribution in [2.24, 2.45) is 11.8 Å². The van der Waals surface area contributed by atoms with Gasteiger partial charge in [0.2, 0.25) is 0 Å². The first kappa shape index (κ1) is 28.1. The van der Waals surface area contributed by atoms with Gasteiger partial charge in [-0.15, -0.1) is 0 Å². The number of nitrogens with zero attached hydrogens (tertiary/aromatic N) is 1. The minimum absolute atomic E-state index is 0.00646. The van der Waals surface area contributed by atoms with Crippen LogP contribution in [0.2, 0.25) is 5.02 Å². The monoisotopic (exact) mass is 517 g/mol. The van der Waals surface area contributed by atoms with Gasteiger partial charge in [-0.3, -0.25) is 0 Å². The number of likely N-dealkylation sites (tertiary alicyclic amines) is 1. The standard InChI is InChI=1S/C26H39ClF3N3O2/c1-31-17-23(15-19-7-3-2-4-8-19)32-24(34)33-14-6-10-21(18-33)25(35,12-13-26(28,29)30)20-9-5-11-22(27)16-20/h5,9,11,16,19,21,23,31,35H,2-4,6-8,10,12-15,17-18H2,1H3,(H,32,34)/t21-,23+,25+/m1/s1. The first-order valence-electron chi connectivity index (χ1n) is 12.9. The first-order valence-corrected chi connectivity index (χ1v) is 13.2.